The Morgan fingerprint density at radius 1 is 1.33 bits per heavy atom. The van der Waals surface area contributed by atoms with E-state index in [1.54, 1.807) is 0 Å². The molecule has 0 fully saturated rings. The summed E-state index contributed by atoms with van der Waals surface area (Å²) in [5, 5.41) is 5.97. The van der Waals surface area contributed by atoms with Crippen molar-refractivity contribution in [3.8, 4) is 0 Å². The lowest BCUT2D eigenvalue weighted by Crippen LogP contribution is -2.31. The lowest BCUT2D eigenvalue weighted by molar-refractivity contribution is -0.121. The van der Waals surface area contributed by atoms with E-state index in [1.807, 2.05) is 0 Å². The molecule has 0 heterocycles. The van der Waals surface area contributed by atoms with Gasteiger partial charge >= 0.3 is 0 Å². The number of rotatable bonds is 6. The summed E-state index contributed by atoms with van der Waals surface area (Å²) in [6, 6.07) is 2.95. The molecule has 1 amide bonds. The first kappa shape index (κ1) is 17.5. The monoisotopic (exact) mass is 335 g/mol. The minimum Gasteiger partial charge on any atom is -0.352 e. The van der Waals surface area contributed by atoms with E-state index in [1.165, 1.54) is 12.1 Å². The highest BCUT2D eigenvalue weighted by molar-refractivity contribution is 6.42. The number of nitrogens with two attached hydrogens (primary N) is 2. The van der Waals surface area contributed by atoms with E-state index in [9.17, 15) is 9.18 Å². The molecular formula is C12H16Cl2FN5O. The van der Waals surface area contributed by atoms with E-state index in [0.717, 1.165) is 0 Å². The Hall–Kier alpha value is -1.57. The highest BCUT2D eigenvalue weighted by atomic mass is 35.5. The SMILES string of the molecule is N/N=C(/CCCC(=O)NCc1ccc(Cl)c(Cl)c1F)NN. The van der Waals surface area contributed by atoms with Crippen LogP contribution in [0.25, 0.3) is 0 Å². The van der Waals surface area contributed by atoms with E-state index in [2.05, 4.69) is 15.8 Å². The van der Waals surface area contributed by atoms with E-state index in [0.29, 0.717) is 18.7 Å². The van der Waals surface area contributed by atoms with Crippen molar-refractivity contribution in [3.63, 3.8) is 0 Å². The highest BCUT2D eigenvalue weighted by Crippen LogP contribution is 2.26. The van der Waals surface area contributed by atoms with Crippen LogP contribution in [0.1, 0.15) is 24.8 Å². The van der Waals surface area contributed by atoms with Crippen molar-refractivity contribution < 1.29 is 9.18 Å². The molecule has 6 N–H and O–H groups in total. The van der Waals surface area contributed by atoms with Crippen LogP contribution in [0.15, 0.2) is 17.2 Å². The molecule has 0 aliphatic heterocycles. The molecule has 0 bridgehead atoms. The summed E-state index contributed by atoms with van der Waals surface area (Å²) in [5.41, 5.74) is 2.59. The fourth-order valence-electron chi connectivity index (χ4n) is 1.57. The molecule has 0 saturated carbocycles. The number of amidine groups is 1. The Morgan fingerprint density at radius 2 is 2.05 bits per heavy atom. The maximum atomic E-state index is 13.7. The Bertz CT molecular complexity index is 539. The number of carbonyl (C=O) groups excluding carboxylic acids is 1. The van der Waals surface area contributed by atoms with Crippen molar-refractivity contribution in [2.75, 3.05) is 0 Å². The van der Waals surface area contributed by atoms with Crippen LogP contribution in [0.5, 0.6) is 0 Å². The maximum Gasteiger partial charge on any atom is 0.220 e. The molecule has 21 heavy (non-hydrogen) atoms. The van der Waals surface area contributed by atoms with Gasteiger partial charge in [-0.2, -0.15) is 5.10 Å². The largest absolute Gasteiger partial charge is 0.352 e. The van der Waals surface area contributed by atoms with E-state index >= 15 is 0 Å². The van der Waals surface area contributed by atoms with Crippen molar-refractivity contribution in [1.82, 2.24) is 10.7 Å². The molecule has 0 aromatic heterocycles. The van der Waals surface area contributed by atoms with Crippen molar-refractivity contribution in [3.05, 3.63) is 33.6 Å². The summed E-state index contributed by atoms with van der Waals surface area (Å²) >= 11 is 11.4. The lowest BCUT2D eigenvalue weighted by Gasteiger charge is -2.08. The highest BCUT2D eigenvalue weighted by Gasteiger charge is 2.11. The third kappa shape index (κ3) is 5.37. The molecule has 6 nitrogen and oxygen atoms in total. The number of halogens is 3. The maximum absolute atomic E-state index is 13.7. The summed E-state index contributed by atoms with van der Waals surface area (Å²) in [6.45, 7) is 0.0362. The van der Waals surface area contributed by atoms with Gasteiger partial charge in [0.25, 0.3) is 0 Å². The van der Waals surface area contributed by atoms with Gasteiger partial charge in [-0.3, -0.25) is 4.79 Å². The van der Waals surface area contributed by atoms with Crippen LogP contribution in [-0.4, -0.2) is 11.7 Å². The molecule has 0 aliphatic carbocycles. The Kier molecular flexibility index (Phi) is 7.21. The lowest BCUT2D eigenvalue weighted by atomic mass is 10.2. The molecule has 116 valence electrons. The van der Waals surface area contributed by atoms with Gasteiger partial charge in [0, 0.05) is 24.9 Å². The van der Waals surface area contributed by atoms with E-state index in [4.69, 9.17) is 34.9 Å². The third-order valence-electron chi connectivity index (χ3n) is 2.73. The number of benzene rings is 1. The van der Waals surface area contributed by atoms with Crippen LogP contribution >= 0.6 is 23.2 Å². The summed E-state index contributed by atoms with van der Waals surface area (Å²) in [4.78, 5) is 11.6. The number of hydrogen-bond donors (Lipinski definition) is 4. The molecule has 0 spiro atoms. The van der Waals surface area contributed by atoms with Crippen molar-refractivity contribution in [2.24, 2.45) is 16.8 Å². The predicted molar refractivity (Wildman–Crippen MR) is 81.1 cm³/mol. The molecule has 0 aliphatic rings. The van der Waals surface area contributed by atoms with Crippen LogP contribution in [-0.2, 0) is 11.3 Å². The minimum atomic E-state index is -0.630. The summed E-state index contributed by atoms with van der Waals surface area (Å²) < 4.78 is 13.7. The van der Waals surface area contributed by atoms with Gasteiger partial charge in [-0.25, -0.2) is 10.2 Å². The van der Waals surface area contributed by atoms with Crippen LogP contribution < -0.4 is 22.4 Å². The quantitative estimate of drug-likeness (QED) is 0.208. The Balaban J connectivity index is 2.42. The van der Waals surface area contributed by atoms with Crippen molar-refractivity contribution in [2.45, 2.75) is 25.8 Å². The fourth-order valence-corrected chi connectivity index (χ4v) is 1.91. The second-order valence-electron chi connectivity index (χ2n) is 4.18. The van der Waals surface area contributed by atoms with Gasteiger partial charge in [-0.15, -0.1) is 0 Å². The molecular weight excluding hydrogens is 320 g/mol. The fraction of sp³-hybridized carbons (Fsp3) is 0.333. The third-order valence-corrected chi connectivity index (χ3v) is 3.51. The second kappa shape index (κ2) is 8.66. The number of carbonyl (C=O) groups is 1. The summed E-state index contributed by atoms with van der Waals surface area (Å²) in [5.74, 6) is 9.75. The molecule has 9 heteroatoms. The first-order valence-electron chi connectivity index (χ1n) is 6.12. The van der Waals surface area contributed by atoms with Crippen molar-refractivity contribution >= 4 is 34.9 Å². The van der Waals surface area contributed by atoms with Gasteiger partial charge in [-0.1, -0.05) is 29.3 Å². The van der Waals surface area contributed by atoms with Gasteiger partial charge in [0.15, 0.2) is 0 Å². The average molecular weight is 336 g/mol. The number of nitrogens with zero attached hydrogens (tertiary/aromatic N) is 1. The normalized spacial score (nSPS) is 11.3. The standard InChI is InChI=1S/C12H16Cl2FN5O/c13-8-5-4-7(12(15)11(8)14)6-18-10(21)3-1-2-9(19-16)20-17/h4-5H,1-3,6,16-17H2,(H,18,21)(H,19,20). The molecule has 0 atom stereocenters. The second-order valence-corrected chi connectivity index (χ2v) is 4.97. The van der Waals surface area contributed by atoms with Gasteiger partial charge in [0.2, 0.25) is 5.91 Å². The smallest absolute Gasteiger partial charge is 0.220 e. The summed E-state index contributed by atoms with van der Waals surface area (Å²) in [6.07, 6.45) is 1.20. The topological polar surface area (TPSA) is 106 Å². The van der Waals surface area contributed by atoms with Crippen LogP contribution in [0.2, 0.25) is 10.0 Å². The zero-order chi connectivity index (χ0) is 15.8. The number of amides is 1. The predicted octanol–water partition coefficient (Wildman–Crippen LogP) is 1.65. The van der Waals surface area contributed by atoms with Gasteiger partial charge in [0.1, 0.15) is 11.7 Å². The van der Waals surface area contributed by atoms with Crippen molar-refractivity contribution in [1.29, 1.82) is 0 Å². The zero-order valence-corrected chi connectivity index (χ0v) is 12.6. The number of nitrogens with one attached hydrogen (secondary N) is 2. The first-order chi connectivity index (χ1) is 9.99. The molecule has 1 aromatic rings. The Labute approximate surface area is 131 Å². The van der Waals surface area contributed by atoms with E-state index in [-0.39, 0.29) is 34.5 Å². The number of hydrazone groups is 1. The first-order valence-corrected chi connectivity index (χ1v) is 6.87. The number of hydrogen-bond acceptors (Lipinski definition) is 4. The molecule has 0 saturated heterocycles. The van der Waals surface area contributed by atoms with Crippen LogP contribution in [0, 0.1) is 5.82 Å². The Morgan fingerprint density at radius 3 is 2.67 bits per heavy atom. The van der Waals surface area contributed by atoms with Gasteiger partial charge in [-0.05, 0) is 12.5 Å². The molecule has 0 radical (unpaired) electrons. The van der Waals surface area contributed by atoms with Gasteiger partial charge in [0.05, 0.1) is 10.0 Å². The van der Waals surface area contributed by atoms with Crippen LogP contribution in [0.4, 0.5) is 4.39 Å². The van der Waals surface area contributed by atoms with E-state index < -0.39 is 5.82 Å². The average Bonchev–Trinajstić information content (AvgIpc) is 2.48. The summed E-state index contributed by atoms with van der Waals surface area (Å²) in [7, 11) is 0. The molecule has 1 rings (SSSR count). The van der Waals surface area contributed by atoms with Crippen LogP contribution in [0.3, 0.4) is 0 Å². The molecule has 1 aromatic carbocycles. The zero-order valence-electron chi connectivity index (χ0n) is 11.1. The number of hydrazine groups is 1. The van der Waals surface area contributed by atoms with Gasteiger partial charge < -0.3 is 16.6 Å². The minimum absolute atomic E-state index is 0.0362. The molecule has 0 unspecified atom stereocenters.